The number of aromatic nitrogens is 2. The van der Waals surface area contributed by atoms with Gasteiger partial charge in [0.05, 0.1) is 11.7 Å². The van der Waals surface area contributed by atoms with Crippen LogP contribution in [0.4, 0.5) is 10.8 Å². The maximum absolute atomic E-state index is 9.24. The minimum atomic E-state index is -0.312. The molecule has 4 N–H and O–H groups in total. The van der Waals surface area contributed by atoms with E-state index in [0.29, 0.717) is 18.8 Å². The average Bonchev–Trinajstić information content (AvgIpc) is 2.85. The Bertz CT molecular complexity index is 521. The average molecular weight is 284 g/mol. The summed E-state index contributed by atoms with van der Waals surface area (Å²) in [7, 11) is 0. The van der Waals surface area contributed by atoms with Crippen molar-refractivity contribution in [3.05, 3.63) is 11.1 Å². The van der Waals surface area contributed by atoms with Gasteiger partial charge in [-0.1, -0.05) is 0 Å². The predicted octanol–water partition coefficient (Wildman–Crippen LogP) is 2.34. The third kappa shape index (κ3) is 2.98. The van der Waals surface area contributed by atoms with Crippen LogP contribution in [-0.4, -0.2) is 27.1 Å². The minimum absolute atomic E-state index is 0.312. The molecule has 0 amide bonds. The standard InChI is InChI=1S/C11H16N4OS2/c1-6-5-17-11(14-6)8-9(12)15-18-10(8)13-4-3-7(2)16/h5,7,13,16H,3-4H2,1-2H3,(H2,12,15). The zero-order valence-electron chi connectivity index (χ0n) is 10.3. The van der Waals surface area contributed by atoms with Crippen LogP contribution in [0.15, 0.2) is 5.38 Å². The van der Waals surface area contributed by atoms with Crippen LogP contribution in [0.1, 0.15) is 19.0 Å². The van der Waals surface area contributed by atoms with Crippen LogP contribution in [0.2, 0.25) is 0 Å². The molecule has 2 heterocycles. The maximum atomic E-state index is 9.24. The molecule has 2 aromatic heterocycles. The van der Waals surface area contributed by atoms with Crippen LogP contribution in [0.25, 0.3) is 10.6 Å². The van der Waals surface area contributed by atoms with Crippen LogP contribution in [0.5, 0.6) is 0 Å². The van der Waals surface area contributed by atoms with E-state index in [4.69, 9.17) is 5.73 Å². The second kappa shape index (κ2) is 5.64. The first-order valence-electron chi connectivity index (χ1n) is 5.67. The summed E-state index contributed by atoms with van der Waals surface area (Å²) < 4.78 is 4.16. The van der Waals surface area contributed by atoms with Gasteiger partial charge in [0.1, 0.15) is 15.8 Å². The van der Waals surface area contributed by atoms with Crippen molar-refractivity contribution in [3.63, 3.8) is 0 Å². The van der Waals surface area contributed by atoms with E-state index in [1.165, 1.54) is 11.5 Å². The molecule has 0 radical (unpaired) electrons. The van der Waals surface area contributed by atoms with E-state index < -0.39 is 0 Å². The Morgan fingerprint density at radius 3 is 2.94 bits per heavy atom. The van der Waals surface area contributed by atoms with Gasteiger partial charge in [-0.25, -0.2) is 4.98 Å². The highest BCUT2D eigenvalue weighted by Gasteiger charge is 2.16. The highest BCUT2D eigenvalue weighted by atomic mass is 32.1. The van der Waals surface area contributed by atoms with Gasteiger partial charge in [0.2, 0.25) is 0 Å². The van der Waals surface area contributed by atoms with E-state index in [0.717, 1.165) is 21.3 Å². The number of hydrogen-bond donors (Lipinski definition) is 3. The topological polar surface area (TPSA) is 84.1 Å². The largest absolute Gasteiger partial charge is 0.393 e. The zero-order chi connectivity index (χ0) is 13.1. The Hall–Kier alpha value is -1.18. The molecule has 2 rings (SSSR count). The third-order valence-electron chi connectivity index (χ3n) is 2.40. The van der Waals surface area contributed by atoms with Gasteiger partial charge in [0.25, 0.3) is 0 Å². The fourth-order valence-corrected chi connectivity index (χ4v) is 3.15. The molecular weight excluding hydrogens is 268 g/mol. The summed E-state index contributed by atoms with van der Waals surface area (Å²) in [6, 6.07) is 0. The first-order chi connectivity index (χ1) is 8.58. The number of rotatable bonds is 5. The summed E-state index contributed by atoms with van der Waals surface area (Å²) in [6.07, 6.45) is 0.377. The summed E-state index contributed by atoms with van der Waals surface area (Å²) in [5.41, 5.74) is 7.75. The SMILES string of the molecule is Cc1csc(-c2c(N)nsc2NCCC(C)O)n1. The molecule has 0 bridgehead atoms. The molecule has 0 aliphatic heterocycles. The third-order valence-corrected chi connectivity index (χ3v) is 4.20. The van der Waals surface area contributed by atoms with E-state index in [9.17, 15) is 5.11 Å². The van der Waals surface area contributed by atoms with Crippen LogP contribution in [0.3, 0.4) is 0 Å². The van der Waals surface area contributed by atoms with E-state index >= 15 is 0 Å². The number of nitrogens with one attached hydrogen (secondary N) is 1. The number of hydrogen-bond acceptors (Lipinski definition) is 7. The van der Waals surface area contributed by atoms with Crippen molar-refractivity contribution < 1.29 is 5.11 Å². The summed E-state index contributed by atoms with van der Waals surface area (Å²) in [5.74, 6) is 0.508. The molecule has 98 valence electrons. The number of aliphatic hydroxyl groups is 1. The molecule has 0 spiro atoms. The normalized spacial score (nSPS) is 12.6. The van der Waals surface area contributed by atoms with Crippen molar-refractivity contribution >= 4 is 33.7 Å². The van der Waals surface area contributed by atoms with Gasteiger partial charge in [-0.3, -0.25) is 0 Å². The van der Waals surface area contributed by atoms with Crippen LogP contribution in [-0.2, 0) is 0 Å². The molecule has 0 aliphatic rings. The van der Waals surface area contributed by atoms with E-state index in [1.54, 1.807) is 18.3 Å². The number of nitrogen functional groups attached to an aromatic ring is 1. The van der Waals surface area contributed by atoms with Gasteiger partial charge < -0.3 is 16.2 Å². The zero-order valence-corrected chi connectivity index (χ0v) is 11.9. The minimum Gasteiger partial charge on any atom is -0.393 e. The van der Waals surface area contributed by atoms with Gasteiger partial charge in [-0.2, -0.15) is 4.37 Å². The molecule has 5 nitrogen and oxygen atoms in total. The summed E-state index contributed by atoms with van der Waals surface area (Å²) in [4.78, 5) is 4.43. The molecule has 0 aliphatic carbocycles. The number of aliphatic hydroxyl groups excluding tert-OH is 1. The lowest BCUT2D eigenvalue weighted by Crippen LogP contribution is -2.09. The Kier molecular flexibility index (Phi) is 4.15. The van der Waals surface area contributed by atoms with Crippen LogP contribution in [0, 0.1) is 6.92 Å². The van der Waals surface area contributed by atoms with Crippen molar-refractivity contribution in [3.8, 4) is 10.6 Å². The lowest BCUT2D eigenvalue weighted by molar-refractivity contribution is 0.189. The fourth-order valence-electron chi connectivity index (χ4n) is 1.49. The second-order valence-electron chi connectivity index (χ2n) is 4.13. The molecule has 2 aromatic rings. The molecule has 0 aromatic carbocycles. The van der Waals surface area contributed by atoms with Crippen molar-refractivity contribution in [1.82, 2.24) is 9.36 Å². The Labute approximate surface area is 114 Å². The second-order valence-corrected chi connectivity index (χ2v) is 5.76. The van der Waals surface area contributed by atoms with Gasteiger partial charge in [-0.15, -0.1) is 11.3 Å². The Morgan fingerprint density at radius 2 is 2.33 bits per heavy atom. The molecule has 0 saturated carbocycles. The number of nitrogens with two attached hydrogens (primary N) is 1. The lowest BCUT2D eigenvalue weighted by Gasteiger charge is -2.06. The van der Waals surface area contributed by atoms with Gasteiger partial charge in [0, 0.05) is 17.6 Å². The first-order valence-corrected chi connectivity index (χ1v) is 7.33. The molecular formula is C11H16N4OS2. The van der Waals surface area contributed by atoms with E-state index in [-0.39, 0.29) is 6.10 Å². The molecule has 0 saturated heterocycles. The summed E-state index contributed by atoms with van der Waals surface area (Å²) in [5, 5.41) is 16.3. The lowest BCUT2D eigenvalue weighted by atomic mass is 10.3. The fraction of sp³-hybridized carbons (Fsp3) is 0.455. The number of aryl methyl sites for hydroxylation is 1. The van der Waals surface area contributed by atoms with Crippen molar-refractivity contribution in [2.75, 3.05) is 17.6 Å². The van der Waals surface area contributed by atoms with Gasteiger partial charge in [-0.05, 0) is 31.8 Å². The van der Waals surface area contributed by atoms with Crippen molar-refractivity contribution in [2.24, 2.45) is 0 Å². The number of nitrogens with zero attached hydrogens (tertiary/aromatic N) is 2. The van der Waals surface area contributed by atoms with Gasteiger partial charge in [0.15, 0.2) is 0 Å². The van der Waals surface area contributed by atoms with Crippen molar-refractivity contribution in [1.29, 1.82) is 0 Å². The van der Waals surface area contributed by atoms with E-state index in [2.05, 4.69) is 14.7 Å². The molecule has 7 heteroatoms. The quantitative estimate of drug-likeness (QED) is 0.785. The highest BCUT2D eigenvalue weighted by molar-refractivity contribution is 7.15. The monoisotopic (exact) mass is 284 g/mol. The molecule has 1 atom stereocenters. The van der Waals surface area contributed by atoms with Crippen LogP contribution < -0.4 is 11.1 Å². The number of thiazole rings is 1. The summed E-state index contributed by atoms with van der Waals surface area (Å²) in [6.45, 7) is 4.42. The predicted molar refractivity (Wildman–Crippen MR) is 77.2 cm³/mol. The molecule has 0 fully saturated rings. The molecule has 1 unspecified atom stereocenters. The highest BCUT2D eigenvalue weighted by Crippen LogP contribution is 2.38. The van der Waals surface area contributed by atoms with E-state index in [1.807, 2.05) is 12.3 Å². The Morgan fingerprint density at radius 1 is 1.56 bits per heavy atom. The number of anilines is 2. The van der Waals surface area contributed by atoms with Gasteiger partial charge >= 0.3 is 0 Å². The van der Waals surface area contributed by atoms with Crippen molar-refractivity contribution in [2.45, 2.75) is 26.4 Å². The summed E-state index contributed by atoms with van der Waals surface area (Å²) >= 11 is 2.89. The first kappa shape index (κ1) is 13.3. The Balaban J connectivity index is 2.17. The molecule has 18 heavy (non-hydrogen) atoms. The maximum Gasteiger partial charge on any atom is 0.149 e. The van der Waals surface area contributed by atoms with Crippen LogP contribution >= 0.6 is 22.9 Å². The smallest absolute Gasteiger partial charge is 0.149 e.